The van der Waals surface area contributed by atoms with Crippen LogP contribution in [-0.2, 0) is 11.3 Å². The van der Waals surface area contributed by atoms with Crippen molar-refractivity contribution in [3.05, 3.63) is 80.7 Å². The summed E-state index contributed by atoms with van der Waals surface area (Å²) in [4.78, 5) is 58.3. The number of carbonyl (C=O) groups excluding carboxylic acids is 3. The highest BCUT2D eigenvalue weighted by molar-refractivity contribution is 7.20. The van der Waals surface area contributed by atoms with Crippen molar-refractivity contribution in [3.8, 4) is 5.75 Å². The Labute approximate surface area is 216 Å². The van der Waals surface area contributed by atoms with Gasteiger partial charge in [-0.05, 0) is 56.2 Å². The number of hydrogen-bond donors (Lipinski definition) is 1. The first-order chi connectivity index (χ1) is 17.8. The first-order valence-electron chi connectivity index (χ1n) is 11.7. The Kier molecular flexibility index (Phi) is 6.34. The van der Waals surface area contributed by atoms with Crippen molar-refractivity contribution in [2.75, 3.05) is 23.4 Å². The number of carbonyl (C=O) groups is 3. The van der Waals surface area contributed by atoms with Crippen molar-refractivity contribution in [1.29, 1.82) is 0 Å². The summed E-state index contributed by atoms with van der Waals surface area (Å²) in [5, 5.41) is 3.21. The minimum absolute atomic E-state index is 0.0415. The minimum atomic E-state index is -0.395. The van der Waals surface area contributed by atoms with Crippen LogP contribution in [-0.4, -0.2) is 40.3 Å². The van der Waals surface area contributed by atoms with Gasteiger partial charge in [-0.15, -0.1) is 11.3 Å². The predicted molar refractivity (Wildman–Crippen MR) is 142 cm³/mol. The number of ether oxygens (including phenoxy) is 1. The molecule has 0 aliphatic carbocycles. The summed E-state index contributed by atoms with van der Waals surface area (Å²) < 4.78 is 6.71. The number of aryl methyl sites for hydroxylation is 2. The van der Waals surface area contributed by atoms with E-state index in [4.69, 9.17) is 4.74 Å². The third kappa shape index (κ3) is 4.40. The van der Waals surface area contributed by atoms with E-state index in [1.54, 1.807) is 30.0 Å². The van der Waals surface area contributed by atoms with Crippen LogP contribution in [0.15, 0.2) is 53.6 Å². The summed E-state index contributed by atoms with van der Waals surface area (Å²) in [5.41, 5.74) is 2.63. The van der Waals surface area contributed by atoms with E-state index in [-0.39, 0.29) is 30.7 Å². The minimum Gasteiger partial charge on any atom is -0.482 e. The van der Waals surface area contributed by atoms with Gasteiger partial charge in [-0.3, -0.25) is 23.7 Å². The number of rotatable bonds is 6. The maximum atomic E-state index is 13.3. The molecule has 37 heavy (non-hydrogen) atoms. The van der Waals surface area contributed by atoms with Gasteiger partial charge in [0.25, 0.3) is 17.4 Å². The number of hydrogen-bond acceptors (Lipinski definition) is 7. The monoisotopic (exact) mass is 516 g/mol. The summed E-state index contributed by atoms with van der Waals surface area (Å²) >= 11 is 1.14. The molecule has 0 saturated carbocycles. The standard InChI is InChI=1S/C27H24N4O5S/c1-4-31-19-11-17(9-10-21(19)36-13-22(31)33)20(32)12-30-14-28-26-23(27(30)35)16(3)24(37-26)25(34)29-18-8-6-5-7-15(18)2/h5-11,14H,4,12-13H2,1-3H3,(H,29,34). The average molecular weight is 517 g/mol. The predicted octanol–water partition coefficient (Wildman–Crippen LogP) is 3.96. The van der Waals surface area contributed by atoms with Gasteiger partial charge in [-0.2, -0.15) is 0 Å². The summed E-state index contributed by atoms with van der Waals surface area (Å²) in [6, 6.07) is 12.3. The zero-order valence-corrected chi connectivity index (χ0v) is 21.3. The molecule has 0 unspecified atom stereocenters. The molecule has 0 bridgehead atoms. The van der Waals surface area contributed by atoms with Gasteiger partial charge in [0.2, 0.25) is 0 Å². The van der Waals surface area contributed by atoms with Crippen molar-refractivity contribution < 1.29 is 19.1 Å². The number of thiophene rings is 1. The Balaban J connectivity index is 1.43. The molecule has 9 nitrogen and oxygen atoms in total. The molecule has 0 atom stereocenters. The Morgan fingerprint density at radius 1 is 1.14 bits per heavy atom. The molecule has 2 aromatic heterocycles. The molecular formula is C27H24N4O5S. The molecule has 1 aliphatic heterocycles. The summed E-state index contributed by atoms with van der Waals surface area (Å²) in [6.07, 6.45) is 1.32. The zero-order chi connectivity index (χ0) is 26.3. The second-order valence-corrected chi connectivity index (χ2v) is 9.71. The topological polar surface area (TPSA) is 111 Å². The number of aromatic nitrogens is 2. The van der Waals surface area contributed by atoms with Gasteiger partial charge < -0.3 is 15.0 Å². The smallest absolute Gasteiger partial charge is 0.266 e. The van der Waals surface area contributed by atoms with Crippen LogP contribution in [0.25, 0.3) is 10.2 Å². The quantitative estimate of drug-likeness (QED) is 0.389. The van der Waals surface area contributed by atoms with Gasteiger partial charge >= 0.3 is 0 Å². The van der Waals surface area contributed by atoms with E-state index >= 15 is 0 Å². The van der Waals surface area contributed by atoms with E-state index in [0.29, 0.717) is 49.9 Å². The summed E-state index contributed by atoms with van der Waals surface area (Å²) in [6.45, 7) is 5.63. The van der Waals surface area contributed by atoms with Gasteiger partial charge in [-0.1, -0.05) is 18.2 Å². The summed E-state index contributed by atoms with van der Waals surface area (Å²) in [7, 11) is 0. The van der Waals surface area contributed by atoms with E-state index in [1.807, 2.05) is 38.1 Å². The largest absolute Gasteiger partial charge is 0.482 e. The van der Waals surface area contributed by atoms with Crippen molar-refractivity contribution in [2.45, 2.75) is 27.3 Å². The Bertz CT molecular complexity index is 1640. The number of likely N-dealkylation sites (N-methyl/N-ethyl adjacent to an activating group) is 1. The van der Waals surface area contributed by atoms with Crippen molar-refractivity contribution in [1.82, 2.24) is 9.55 Å². The molecule has 188 valence electrons. The first kappa shape index (κ1) is 24.4. The lowest BCUT2D eigenvalue weighted by Gasteiger charge is -2.28. The van der Waals surface area contributed by atoms with Crippen LogP contribution in [0.5, 0.6) is 5.75 Å². The molecule has 4 aromatic rings. The Morgan fingerprint density at radius 2 is 1.92 bits per heavy atom. The van der Waals surface area contributed by atoms with E-state index in [0.717, 1.165) is 16.9 Å². The number of nitrogens with one attached hydrogen (secondary N) is 1. The highest BCUT2D eigenvalue weighted by Gasteiger charge is 2.26. The third-order valence-electron chi connectivity index (χ3n) is 6.37. The fourth-order valence-corrected chi connectivity index (χ4v) is 5.38. The molecule has 1 aliphatic rings. The van der Waals surface area contributed by atoms with Crippen LogP contribution >= 0.6 is 11.3 Å². The number of nitrogens with zero attached hydrogens (tertiary/aromatic N) is 3. The van der Waals surface area contributed by atoms with E-state index in [2.05, 4.69) is 10.3 Å². The van der Waals surface area contributed by atoms with Crippen LogP contribution in [0.2, 0.25) is 0 Å². The molecule has 5 rings (SSSR count). The second kappa shape index (κ2) is 9.62. The number of para-hydroxylation sites is 1. The lowest BCUT2D eigenvalue weighted by molar-refractivity contribution is -0.121. The normalized spacial score (nSPS) is 12.8. The van der Waals surface area contributed by atoms with Gasteiger partial charge in [0.05, 0.1) is 28.8 Å². The van der Waals surface area contributed by atoms with Gasteiger partial charge in [0.15, 0.2) is 12.4 Å². The first-order valence-corrected chi connectivity index (χ1v) is 12.6. The number of benzene rings is 2. The zero-order valence-electron chi connectivity index (χ0n) is 20.5. The average Bonchev–Trinajstić information content (AvgIpc) is 3.23. The van der Waals surface area contributed by atoms with Gasteiger partial charge in [0.1, 0.15) is 10.6 Å². The highest BCUT2D eigenvalue weighted by atomic mass is 32.1. The fourth-order valence-electron chi connectivity index (χ4n) is 4.35. The molecular weight excluding hydrogens is 492 g/mol. The van der Waals surface area contributed by atoms with Crippen LogP contribution < -0.4 is 20.5 Å². The molecule has 0 saturated heterocycles. The second-order valence-electron chi connectivity index (χ2n) is 8.72. The molecule has 0 fully saturated rings. The SMILES string of the molecule is CCN1C(=O)COc2ccc(C(=O)Cn3cnc4sc(C(=O)Nc5ccccc5C)c(C)c4c3=O)cc21. The van der Waals surface area contributed by atoms with Crippen molar-refractivity contribution >= 4 is 50.5 Å². The molecule has 0 spiro atoms. The van der Waals surface area contributed by atoms with E-state index in [9.17, 15) is 19.2 Å². The summed E-state index contributed by atoms with van der Waals surface area (Å²) in [5.74, 6) is -0.280. The van der Waals surface area contributed by atoms with E-state index in [1.165, 1.54) is 10.9 Å². The molecule has 10 heteroatoms. The number of amides is 2. The van der Waals surface area contributed by atoms with Crippen molar-refractivity contribution in [2.24, 2.45) is 0 Å². The maximum absolute atomic E-state index is 13.3. The highest BCUT2D eigenvalue weighted by Crippen LogP contribution is 2.33. The maximum Gasteiger partial charge on any atom is 0.266 e. The van der Waals surface area contributed by atoms with Gasteiger partial charge in [0, 0.05) is 17.8 Å². The molecule has 3 heterocycles. The number of ketones is 1. The Hall–Kier alpha value is -4.31. The van der Waals surface area contributed by atoms with Crippen LogP contribution in [0.4, 0.5) is 11.4 Å². The van der Waals surface area contributed by atoms with Crippen molar-refractivity contribution in [3.63, 3.8) is 0 Å². The van der Waals surface area contributed by atoms with Crippen LogP contribution in [0, 0.1) is 13.8 Å². The number of Topliss-reactive ketones (excluding diaryl/α,β-unsaturated/α-hetero) is 1. The van der Waals surface area contributed by atoms with Crippen LogP contribution in [0.3, 0.4) is 0 Å². The number of fused-ring (bicyclic) bond motifs is 2. The number of anilines is 2. The third-order valence-corrected chi connectivity index (χ3v) is 7.57. The van der Waals surface area contributed by atoms with Crippen LogP contribution in [0.1, 0.15) is 38.1 Å². The molecule has 1 N–H and O–H groups in total. The molecule has 0 radical (unpaired) electrons. The Morgan fingerprint density at radius 3 is 2.68 bits per heavy atom. The van der Waals surface area contributed by atoms with E-state index < -0.39 is 5.56 Å². The van der Waals surface area contributed by atoms with Gasteiger partial charge in [-0.25, -0.2) is 4.98 Å². The lowest BCUT2D eigenvalue weighted by Crippen LogP contribution is -2.38. The lowest BCUT2D eigenvalue weighted by atomic mass is 10.1. The fraction of sp³-hybridized carbons (Fsp3) is 0.222. The molecule has 2 amide bonds. The molecule has 2 aromatic carbocycles.